The summed E-state index contributed by atoms with van der Waals surface area (Å²) in [6.07, 6.45) is 0. The molecule has 4 nitrogen and oxygen atoms in total. The molecule has 2 aromatic rings. The maximum absolute atomic E-state index is 11.9. The van der Waals surface area contributed by atoms with Crippen molar-refractivity contribution in [1.29, 1.82) is 5.26 Å². The van der Waals surface area contributed by atoms with Gasteiger partial charge in [0, 0.05) is 31.1 Å². The van der Waals surface area contributed by atoms with Crippen LogP contribution in [0.3, 0.4) is 0 Å². The number of hydrogen-bond acceptors (Lipinski definition) is 4. The Bertz CT molecular complexity index is 761. The van der Waals surface area contributed by atoms with Crippen LogP contribution in [0.5, 0.6) is 0 Å². The number of benzene rings is 1. The number of thioether (sulfide) groups is 1. The molecule has 1 aromatic carbocycles. The second kappa shape index (κ2) is 7.30. The molecule has 0 spiro atoms. The minimum atomic E-state index is -0.00746. The van der Waals surface area contributed by atoms with Gasteiger partial charge in [0.1, 0.15) is 11.1 Å². The number of aromatic nitrogens is 1. The summed E-state index contributed by atoms with van der Waals surface area (Å²) in [6.45, 7) is 3.86. The molecule has 1 amide bonds. The van der Waals surface area contributed by atoms with Gasteiger partial charge in [-0.1, -0.05) is 12.1 Å². The Balaban J connectivity index is 2.13. The molecule has 0 atom stereocenters. The van der Waals surface area contributed by atoms with Gasteiger partial charge in [0.25, 0.3) is 5.91 Å². The molecule has 0 aliphatic heterocycles. The first-order chi connectivity index (χ1) is 10.9. The Morgan fingerprint density at radius 2 is 1.91 bits per heavy atom. The number of nitrogens with zero attached hydrogens (tertiary/aromatic N) is 3. The minimum absolute atomic E-state index is 0.00746. The minimum Gasteiger partial charge on any atom is -0.345 e. The van der Waals surface area contributed by atoms with Gasteiger partial charge < -0.3 is 4.90 Å². The lowest BCUT2D eigenvalue weighted by Crippen LogP contribution is -2.21. The molecule has 118 valence electrons. The van der Waals surface area contributed by atoms with Gasteiger partial charge in [0.05, 0.1) is 5.56 Å². The highest BCUT2D eigenvalue weighted by Crippen LogP contribution is 2.26. The first-order valence-electron chi connectivity index (χ1n) is 7.24. The molecule has 23 heavy (non-hydrogen) atoms. The van der Waals surface area contributed by atoms with Gasteiger partial charge in [-0.2, -0.15) is 5.26 Å². The molecule has 0 bridgehead atoms. The summed E-state index contributed by atoms with van der Waals surface area (Å²) < 4.78 is 0. The van der Waals surface area contributed by atoms with Crippen molar-refractivity contribution in [3.8, 4) is 6.07 Å². The van der Waals surface area contributed by atoms with E-state index in [4.69, 9.17) is 0 Å². The van der Waals surface area contributed by atoms with Crippen LogP contribution in [0.25, 0.3) is 0 Å². The fourth-order valence-corrected chi connectivity index (χ4v) is 3.25. The molecule has 0 aliphatic carbocycles. The van der Waals surface area contributed by atoms with E-state index in [1.807, 2.05) is 44.2 Å². The Kier molecular flexibility index (Phi) is 5.41. The van der Waals surface area contributed by atoms with Gasteiger partial charge in [-0.25, -0.2) is 4.98 Å². The summed E-state index contributed by atoms with van der Waals surface area (Å²) in [6, 6.07) is 11.7. The number of aryl methyl sites for hydroxylation is 2. The van der Waals surface area contributed by atoms with Gasteiger partial charge in [0.15, 0.2) is 0 Å². The van der Waals surface area contributed by atoms with Crippen molar-refractivity contribution in [1.82, 2.24) is 9.88 Å². The predicted molar refractivity (Wildman–Crippen MR) is 92.4 cm³/mol. The van der Waals surface area contributed by atoms with Crippen molar-refractivity contribution in [2.24, 2.45) is 0 Å². The van der Waals surface area contributed by atoms with Crippen LogP contribution in [-0.4, -0.2) is 29.9 Å². The summed E-state index contributed by atoms with van der Waals surface area (Å²) in [7, 11) is 3.47. The first-order valence-corrected chi connectivity index (χ1v) is 8.22. The Hall–Kier alpha value is -2.32. The second-order valence-electron chi connectivity index (χ2n) is 5.56. The van der Waals surface area contributed by atoms with Gasteiger partial charge >= 0.3 is 0 Å². The monoisotopic (exact) mass is 325 g/mol. The van der Waals surface area contributed by atoms with E-state index in [0.29, 0.717) is 16.9 Å². The van der Waals surface area contributed by atoms with Crippen LogP contribution in [-0.2, 0) is 5.75 Å². The fourth-order valence-electron chi connectivity index (χ4n) is 2.20. The Morgan fingerprint density at radius 3 is 2.48 bits per heavy atom. The summed E-state index contributed by atoms with van der Waals surface area (Å²) in [5, 5.41) is 10.1. The number of carbonyl (C=O) groups excluding carboxylic acids is 1. The molecule has 0 fully saturated rings. The molecule has 0 saturated heterocycles. The standard InChI is InChI=1S/C18H19N3OS/c1-12-9-13(2)20-17(16(12)10-19)23-11-14-5-7-15(8-6-14)18(22)21(3)4/h5-9H,11H2,1-4H3. The lowest BCUT2D eigenvalue weighted by Gasteiger charge is -2.11. The largest absolute Gasteiger partial charge is 0.345 e. The lowest BCUT2D eigenvalue weighted by molar-refractivity contribution is 0.0827. The maximum atomic E-state index is 11.9. The van der Waals surface area contributed by atoms with Crippen LogP contribution in [0, 0.1) is 25.2 Å². The molecule has 1 heterocycles. The van der Waals surface area contributed by atoms with Crippen LogP contribution in [0.15, 0.2) is 35.4 Å². The number of carbonyl (C=O) groups is 1. The van der Waals surface area contributed by atoms with E-state index in [0.717, 1.165) is 21.8 Å². The third-order valence-electron chi connectivity index (χ3n) is 3.41. The van der Waals surface area contributed by atoms with Gasteiger partial charge in [-0.15, -0.1) is 11.8 Å². The zero-order valence-corrected chi connectivity index (χ0v) is 14.6. The van der Waals surface area contributed by atoms with Crippen molar-refractivity contribution < 1.29 is 4.79 Å². The summed E-state index contributed by atoms with van der Waals surface area (Å²) in [5.74, 6) is 0.702. The highest BCUT2D eigenvalue weighted by molar-refractivity contribution is 7.98. The average Bonchev–Trinajstić information content (AvgIpc) is 2.52. The molecular formula is C18H19N3OS. The SMILES string of the molecule is Cc1cc(C)c(C#N)c(SCc2ccc(C(=O)N(C)C)cc2)n1. The van der Waals surface area contributed by atoms with Gasteiger partial charge in [0.2, 0.25) is 0 Å². The van der Waals surface area contributed by atoms with Crippen molar-refractivity contribution in [2.75, 3.05) is 14.1 Å². The average molecular weight is 325 g/mol. The molecule has 2 rings (SSSR count). The van der Waals surface area contributed by atoms with Crippen LogP contribution in [0.2, 0.25) is 0 Å². The number of nitriles is 1. The van der Waals surface area contributed by atoms with E-state index in [2.05, 4.69) is 11.1 Å². The number of amides is 1. The summed E-state index contributed by atoms with van der Waals surface area (Å²) in [5.41, 5.74) is 4.27. The zero-order valence-electron chi connectivity index (χ0n) is 13.8. The fraction of sp³-hybridized carbons (Fsp3) is 0.278. The van der Waals surface area contributed by atoms with Crippen LogP contribution >= 0.6 is 11.8 Å². The topological polar surface area (TPSA) is 57.0 Å². The predicted octanol–water partition coefficient (Wildman–Crippen LogP) is 3.56. The molecule has 0 N–H and O–H groups in total. The van der Waals surface area contributed by atoms with Crippen molar-refractivity contribution in [2.45, 2.75) is 24.6 Å². The van der Waals surface area contributed by atoms with Gasteiger partial charge in [-0.3, -0.25) is 4.79 Å². The van der Waals surface area contributed by atoms with Crippen LogP contribution in [0.4, 0.5) is 0 Å². The third-order valence-corrected chi connectivity index (χ3v) is 4.45. The third kappa shape index (κ3) is 4.11. The van der Waals surface area contributed by atoms with Crippen molar-refractivity contribution >= 4 is 17.7 Å². The summed E-state index contributed by atoms with van der Waals surface area (Å²) >= 11 is 1.54. The van der Waals surface area contributed by atoms with Crippen LogP contribution < -0.4 is 0 Å². The van der Waals surface area contributed by atoms with Crippen LogP contribution in [0.1, 0.15) is 32.7 Å². The maximum Gasteiger partial charge on any atom is 0.253 e. The highest BCUT2D eigenvalue weighted by Gasteiger charge is 2.10. The van der Waals surface area contributed by atoms with E-state index in [9.17, 15) is 10.1 Å². The number of rotatable bonds is 4. The highest BCUT2D eigenvalue weighted by atomic mass is 32.2. The van der Waals surface area contributed by atoms with Crippen molar-refractivity contribution in [3.63, 3.8) is 0 Å². The molecule has 0 aliphatic rings. The second-order valence-corrected chi connectivity index (χ2v) is 6.52. The zero-order chi connectivity index (χ0) is 17.0. The normalized spacial score (nSPS) is 10.2. The molecular weight excluding hydrogens is 306 g/mol. The van der Waals surface area contributed by atoms with Gasteiger partial charge in [-0.05, 0) is 43.2 Å². The van der Waals surface area contributed by atoms with E-state index >= 15 is 0 Å². The van der Waals surface area contributed by atoms with E-state index in [-0.39, 0.29) is 5.91 Å². The molecule has 0 radical (unpaired) electrons. The van der Waals surface area contributed by atoms with Crippen molar-refractivity contribution in [3.05, 3.63) is 58.3 Å². The summed E-state index contributed by atoms with van der Waals surface area (Å²) in [4.78, 5) is 17.9. The smallest absolute Gasteiger partial charge is 0.253 e. The Labute approximate surface area is 141 Å². The van der Waals surface area contributed by atoms with E-state index < -0.39 is 0 Å². The number of hydrogen-bond donors (Lipinski definition) is 0. The number of pyridine rings is 1. The van der Waals surface area contributed by atoms with E-state index in [1.165, 1.54) is 0 Å². The Morgan fingerprint density at radius 1 is 1.26 bits per heavy atom. The van der Waals surface area contributed by atoms with E-state index in [1.54, 1.807) is 30.8 Å². The molecule has 1 aromatic heterocycles. The first kappa shape index (κ1) is 17.0. The molecule has 0 unspecified atom stereocenters. The molecule has 5 heteroatoms. The quantitative estimate of drug-likeness (QED) is 0.807. The molecule has 0 saturated carbocycles. The lowest BCUT2D eigenvalue weighted by atomic mass is 10.1.